The third-order valence-corrected chi connectivity index (χ3v) is 5.12. The molecule has 29 heavy (non-hydrogen) atoms. The molecule has 2 aromatic carbocycles. The molecule has 1 saturated heterocycles. The largest absolute Gasteiger partial charge is 0.387 e. The highest BCUT2D eigenvalue weighted by molar-refractivity contribution is 5.96. The van der Waals surface area contributed by atoms with Crippen LogP contribution in [0.3, 0.4) is 0 Å². The minimum absolute atomic E-state index is 0.184. The maximum Gasteiger partial charge on any atom is 0.251 e. The van der Waals surface area contributed by atoms with Gasteiger partial charge in [-0.1, -0.05) is 30.3 Å². The van der Waals surface area contributed by atoms with Gasteiger partial charge in [0.05, 0.1) is 18.7 Å². The third kappa shape index (κ3) is 5.85. The number of amides is 2. The topological polar surface area (TPSA) is 72.9 Å². The lowest BCUT2D eigenvalue weighted by atomic mass is 10.0. The Labute approximate surface area is 169 Å². The summed E-state index contributed by atoms with van der Waals surface area (Å²) in [6.07, 6.45) is 0.583. The Kier molecular flexibility index (Phi) is 6.61. The molecule has 1 aliphatic heterocycles. The first-order valence-corrected chi connectivity index (χ1v) is 9.61. The summed E-state index contributed by atoms with van der Waals surface area (Å²) in [5, 5.41) is 13.4. The van der Waals surface area contributed by atoms with Crippen LogP contribution in [0.2, 0.25) is 0 Å². The normalized spacial score (nSPS) is 19.1. The Bertz CT molecular complexity index is 844. The SMILES string of the molecule is CN(CC1(O)CCN(Cc2ccccc2)C1)C(=O)CNC(=O)c1ccc(F)cc1. The van der Waals surface area contributed by atoms with Gasteiger partial charge in [-0.3, -0.25) is 14.5 Å². The number of carbonyl (C=O) groups is 2. The van der Waals surface area contributed by atoms with Crippen molar-refractivity contribution in [3.63, 3.8) is 0 Å². The van der Waals surface area contributed by atoms with E-state index in [0.717, 1.165) is 13.1 Å². The summed E-state index contributed by atoms with van der Waals surface area (Å²) in [6, 6.07) is 15.2. The summed E-state index contributed by atoms with van der Waals surface area (Å²) >= 11 is 0. The van der Waals surface area contributed by atoms with Crippen LogP contribution in [0.4, 0.5) is 4.39 Å². The number of likely N-dealkylation sites (tertiary alicyclic amines) is 1. The van der Waals surface area contributed by atoms with E-state index in [-0.39, 0.29) is 24.6 Å². The minimum atomic E-state index is -0.972. The summed E-state index contributed by atoms with van der Waals surface area (Å²) in [6.45, 7) is 2.02. The number of rotatable bonds is 7. The molecular weight excluding hydrogens is 373 g/mol. The highest BCUT2D eigenvalue weighted by Gasteiger charge is 2.37. The molecule has 2 N–H and O–H groups in total. The first kappa shape index (κ1) is 21.0. The number of hydrogen-bond donors (Lipinski definition) is 2. The van der Waals surface area contributed by atoms with Gasteiger partial charge in [0.2, 0.25) is 5.91 Å². The van der Waals surface area contributed by atoms with E-state index in [1.807, 2.05) is 18.2 Å². The maximum atomic E-state index is 12.9. The monoisotopic (exact) mass is 399 g/mol. The Hall–Kier alpha value is -2.77. The number of hydrogen-bond acceptors (Lipinski definition) is 4. The van der Waals surface area contributed by atoms with E-state index >= 15 is 0 Å². The number of aliphatic hydroxyl groups is 1. The van der Waals surface area contributed by atoms with Crippen LogP contribution in [-0.4, -0.2) is 65.5 Å². The van der Waals surface area contributed by atoms with Crippen LogP contribution < -0.4 is 5.32 Å². The van der Waals surface area contributed by atoms with Gasteiger partial charge >= 0.3 is 0 Å². The summed E-state index contributed by atoms with van der Waals surface area (Å²) < 4.78 is 12.9. The molecule has 0 spiro atoms. The van der Waals surface area contributed by atoms with E-state index < -0.39 is 17.3 Å². The predicted molar refractivity (Wildman–Crippen MR) is 108 cm³/mol. The van der Waals surface area contributed by atoms with Crippen molar-refractivity contribution in [3.8, 4) is 0 Å². The lowest BCUT2D eigenvalue weighted by Gasteiger charge is -2.29. The van der Waals surface area contributed by atoms with Crippen molar-refractivity contribution < 1.29 is 19.1 Å². The zero-order valence-corrected chi connectivity index (χ0v) is 16.5. The van der Waals surface area contributed by atoms with Gasteiger partial charge in [-0.25, -0.2) is 4.39 Å². The van der Waals surface area contributed by atoms with Gasteiger partial charge in [-0.15, -0.1) is 0 Å². The molecular formula is C22H26FN3O3. The molecule has 0 aliphatic carbocycles. The third-order valence-electron chi connectivity index (χ3n) is 5.12. The number of likely N-dealkylation sites (N-methyl/N-ethyl adjacent to an activating group) is 1. The van der Waals surface area contributed by atoms with Crippen molar-refractivity contribution in [1.82, 2.24) is 15.1 Å². The van der Waals surface area contributed by atoms with E-state index in [4.69, 9.17) is 0 Å². The second-order valence-electron chi connectivity index (χ2n) is 7.61. The van der Waals surface area contributed by atoms with Gasteiger partial charge in [0.1, 0.15) is 5.82 Å². The van der Waals surface area contributed by atoms with Gasteiger partial charge < -0.3 is 15.3 Å². The fourth-order valence-corrected chi connectivity index (χ4v) is 3.57. The van der Waals surface area contributed by atoms with Gasteiger partial charge in [-0.05, 0) is 36.2 Å². The van der Waals surface area contributed by atoms with Gasteiger partial charge in [-0.2, -0.15) is 0 Å². The lowest BCUT2D eigenvalue weighted by molar-refractivity contribution is -0.131. The number of benzene rings is 2. The average molecular weight is 399 g/mol. The number of nitrogens with one attached hydrogen (secondary N) is 1. The summed E-state index contributed by atoms with van der Waals surface area (Å²) in [5.74, 6) is -1.17. The van der Waals surface area contributed by atoms with Crippen molar-refractivity contribution in [2.24, 2.45) is 0 Å². The molecule has 0 saturated carbocycles. The van der Waals surface area contributed by atoms with Gasteiger partial charge in [0, 0.05) is 32.2 Å². The van der Waals surface area contributed by atoms with Crippen LogP contribution in [0, 0.1) is 5.82 Å². The van der Waals surface area contributed by atoms with E-state index in [0.29, 0.717) is 13.0 Å². The molecule has 7 heteroatoms. The van der Waals surface area contributed by atoms with Crippen molar-refractivity contribution >= 4 is 11.8 Å². The van der Waals surface area contributed by atoms with Crippen LogP contribution in [0.25, 0.3) is 0 Å². The van der Waals surface area contributed by atoms with Crippen LogP contribution in [0.15, 0.2) is 54.6 Å². The lowest BCUT2D eigenvalue weighted by Crippen LogP contribution is -2.48. The van der Waals surface area contributed by atoms with Crippen LogP contribution >= 0.6 is 0 Å². The van der Waals surface area contributed by atoms with Gasteiger partial charge in [0.15, 0.2) is 0 Å². The van der Waals surface area contributed by atoms with E-state index in [9.17, 15) is 19.1 Å². The second-order valence-corrected chi connectivity index (χ2v) is 7.61. The molecule has 1 unspecified atom stereocenters. The minimum Gasteiger partial charge on any atom is -0.387 e. The molecule has 0 radical (unpaired) electrons. The zero-order valence-electron chi connectivity index (χ0n) is 16.5. The molecule has 0 bridgehead atoms. The summed E-state index contributed by atoms with van der Waals surface area (Å²) in [7, 11) is 1.62. The highest BCUT2D eigenvalue weighted by Crippen LogP contribution is 2.23. The Morgan fingerprint density at radius 3 is 2.55 bits per heavy atom. The first-order valence-electron chi connectivity index (χ1n) is 9.61. The first-order chi connectivity index (χ1) is 13.8. The van der Waals surface area contributed by atoms with Crippen LogP contribution in [0.5, 0.6) is 0 Å². The number of nitrogens with zero attached hydrogens (tertiary/aromatic N) is 2. The molecule has 1 fully saturated rings. The maximum absolute atomic E-state index is 12.9. The molecule has 6 nitrogen and oxygen atoms in total. The highest BCUT2D eigenvalue weighted by atomic mass is 19.1. The Balaban J connectivity index is 1.46. The van der Waals surface area contributed by atoms with E-state index in [1.165, 1.54) is 34.7 Å². The molecule has 154 valence electrons. The fraction of sp³-hybridized carbons (Fsp3) is 0.364. The van der Waals surface area contributed by atoms with Crippen molar-refractivity contribution in [2.45, 2.75) is 18.6 Å². The van der Waals surface area contributed by atoms with Gasteiger partial charge in [0.25, 0.3) is 5.91 Å². The molecule has 2 amide bonds. The number of halogens is 1. The standard InChI is InChI=1S/C22H26FN3O3/c1-25(20(27)13-24-21(28)18-7-9-19(23)10-8-18)15-22(29)11-12-26(16-22)14-17-5-3-2-4-6-17/h2-10,29H,11-16H2,1H3,(H,24,28). The summed E-state index contributed by atoms with van der Waals surface area (Å²) in [4.78, 5) is 28.0. The second kappa shape index (κ2) is 9.15. The van der Waals surface area contributed by atoms with Crippen molar-refractivity contribution in [1.29, 1.82) is 0 Å². The van der Waals surface area contributed by atoms with E-state index in [2.05, 4.69) is 22.3 Å². The van der Waals surface area contributed by atoms with Crippen LogP contribution in [0.1, 0.15) is 22.3 Å². The molecule has 3 rings (SSSR count). The molecule has 1 heterocycles. The summed E-state index contributed by atoms with van der Waals surface area (Å²) in [5.41, 5.74) is 0.498. The smallest absolute Gasteiger partial charge is 0.251 e. The molecule has 0 aromatic heterocycles. The molecule has 1 atom stereocenters. The number of β-amino-alcohol motifs (C(OH)–C–C–N with tert-alkyl or cyclic N) is 1. The van der Waals surface area contributed by atoms with E-state index in [1.54, 1.807) is 7.05 Å². The molecule has 1 aliphatic rings. The average Bonchev–Trinajstić information content (AvgIpc) is 3.07. The van der Waals surface area contributed by atoms with Crippen molar-refractivity contribution in [2.75, 3.05) is 33.2 Å². The Morgan fingerprint density at radius 2 is 1.86 bits per heavy atom. The predicted octanol–water partition coefficient (Wildman–Crippen LogP) is 1.65. The van der Waals surface area contributed by atoms with Crippen molar-refractivity contribution in [3.05, 3.63) is 71.5 Å². The quantitative estimate of drug-likeness (QED) is 0.743. The number of carbonyl (C=O) groups excluding carboxylic acids is 2. The fourth-order valence-electron chi connectivity index (χ4n) is 3.57. The Morgan fingerprint density at radius 1 is 1.17 bits per heavy atom. The molecule has 2 aromatic rings. The zero-order chi connectivity index (χ0) is 20.9. The van der Waals surface area contributed by atoms with Crippen LogP contribution in [-0.2, 0) is 11.3 Å².